The number of nitrogens with zero attached hydrogens (tertiary/aromatic N) is 3. The van der Waals surface area contributed by atoms with Gasteiger partial charge in [0.1, 0.15) is 5.65 Å². The fourth-order valence-electron chi connectivity index (χ4n) is 3.84. The number of H-pyrrole nitrogens is 1. The summed E-state index contributed by atoms with van der Waals surface area (Å²) in [7, 11) is 2.02. The molecule has 0 spiro atoms. The molecule has 0 aliphatic rings. The van der Waals surface area contributed by atoms with Gasteiger partial charge in [-0.3, -0.25) is 4.79 Å². The SMILES string of the molecule is Cn1ccc(N(Cc2ccccc2)c2ccnc3[nH]c(=O)c4ccccc4c23)c1. The van der Waals surface area contributed by atoms with Crippen LogP contribution < -0.4 is 10.5 Å². The predicted octanol–water partition coefficient (Wildman–Crippen LogP) is 4.75. The molecule has 5 heteroatoms. The van der Waals surface area contributed by atoms with Gasteiger partial charge in [0.25, 0.3) is 5.56 Å². The van der Waals surface area contributed by atoms with E-state index >= 15 is 0 Å². The molecule has 0 amide bonds. The Morgan fingerprint density at radius 1 is 0.966 bits per heavy atom. The van der Waals surface area contributed by atoms with E-state index in [9.17, 15) is 4.79 Å². The van der Waals surface area contributed by atoms with Gasteiger partial charge in [0.2, 0.25) is 0 Å². The predicted molar refractivity (Wildman–Crippen MR) is 118 cm³/mol. The lowest BCUT2D eigenvalue weighted by Gasteiger charge is -2.25. The van der Waals surface area contributed by atoms with Crippen molar-refractivity contribution in [1.29, 1.82) is 0 Å². The molecular formula is C24H20N4O. The fourth-order valence-corrected chi connectivity index (χ4v) is 3.84. The fraction of sp³-hybridized carbons (Fsp3) is 0.0833. The van der Waals surface area contributed by atoms with E-state index in [-0.39, 0.29) is 5.56 Å². The minimum Gasteiger partial charge on any atom is -0.355 e. The maximum Gasteiger partial charge on any atom is 0.257 e. The third-order valence-corrected chi connectivity index (χ3v) is 5.20. The van der Waals surface area contributed by atoms with Gasteiger partial charge >= 0.3 is 0 Å². The second-order valence-corrected chi connectivity index (χ2v) is 7.16. The zero-order valence-corrected chi connectivity index (χ0v) is 16.0. The average Bonchev–Trinajstić information content (AvgIpc) is 3.18. The molecule has 3 aromatic heterocycles. The molecule has 0 radical (unpaired) electrons. The number of rotatable bonds is 4. The number of hydrogen-bond acceptors (Lipinski definition) is 3. The van der Waals surface area contributed by atoms with E-state index in [1.54, 1.807) is 6.20 Å². The van der Waals surface area contributed by atoms with Crippen molar-refractivity contribution in [3.8, 4) is 0 Å². The second kappa shape index (κ2) is 6.95. The molecule has 1 N–H and O–H groups in total. The number of aryl methyl sites for hydroxylation is 1. The molecule has 0 unspecified atom stereocenters. The summed E-state index contributed by atoms with van der Waals surface area (Å²) in [6.45, 7) is 0.706. The molecule has 142 valence electrons. The molecule has 0 fully saturated rings. The van der Waals surface area contributed by atoms with Crippen molar-refractivity contribution in [2.45, 2.75) is 6.54 Å². The summed E-state index contributed by atoms with van der Waals surface area (Å²) in [4.78, 5) is 22.2. The molecule has 0 aliphatic carbocycles. The molecule has 0 aliphatic heterocycles. The highest BCUT2D eigenvalue weighted by Crippen LogP contribution is 2.35. The molecule has 0 atom stereocenters. The molecular weight excluding hydrogens is 360 g/mol. The van der Waals surface area contributed by atoms with Gasteiger partial charge in [-0.15, -0.1) is 0 Å². The number of aromatic amines is 1. The first-order valence-corrected chi connectivity index (χ1v) is 9.54. The highest BCUT2D eigenvalue weighted by molar-refractivity contribution is 6.11. The Hall–Kier alpha value is -3.86. The molecule has 0 saturated heterocycles. The average molecular weight is 380 g/mol. The Morgan fingerprint density at radius 2 is 1.72 bits per heavy atom. The number of benzene rings is 2. The van der Waals surface area contributed by atoms with Crippen LogP contribution in [-0.2, 0) is 13.6 Å². The summed E-state index contributed by atoms with van der Waals surface area (Å²) in [5.41, 5.74) is 3.78. The Labute approximate surface area is 167 Å². The van der Waals surface area contributed by atoms with Crippen molar-refractivity contribution in [1.82, 2.24) is 14.5 Å². The van der Waals surface area contributed by atoms with E-state index in [4.69, 9.17) is 0 Å². The molecule has 3 heterocycles. The first-order valence-electron chi connectivity index (χ1n) is 9.54. The minimum atomic E-state index is -0.118. The van der Waals surface area contributed by atoms with Crippen LogP contribution in [0.25, 0.3) is 21.8 Å². The van der Waals surface area contributed by atoms with Gasteiger partial charge in [0.05, 0.1) is 11.4 Å². The summed E-state index contributed by atoms with van der Waals surface area (Å²) >= 11 is 0. The smallest absolute Gasteiger partial charge is 0.257 e. The topological polar surface area (TPSA) is 53.9 Å². The van der Waals surface area contributed by atoms with Crippen molar-refractivity contribution in [2.24, 2.45) is 7.05 Å². The van der Waals surface area contributed by atoms with Crippen LogP contribution in [0.1, 0.15) is 5.56 Å². The summed E-state index contributed by atoms with van der Waals surface area (Å²) in [6.07, 6.45) is 5.89. The number of anilines is 2. The second-order valence-electron chi connectivity index (χ2n) is 7.16. The van der Waals surface area contributed by atoms with Gasteiger partial charge in [-0.05, 0) is 23.8 Å². The Kier molecular flexibility index (Phi) is 4.13. The van der Waals surface area contributed by atoms with Gasteiger partial charge in [-0.1, -0.05) is 48.5 Å². The highest BCUT2D eigenvalue weighted by atomic mass is 16.1. The molecule has 5 nitrogen and oxygen atoms in total. The van der Waals surface area contributed by atoms with E-state index in [1.165, 1.54) is 5.56 Å². The summed E-state index contributed by atoms with van der Waals surface area (Å²) in [6, 6.07) is 22.2. The monoisotopic (exact) mass is 380 g/mol. The van der Waals surface area contributed by atoms with E-state index < -0.39 is 0 Å². The lowest BCUT2D eigenvalue weighted by molar-refractivity contribution is 0.917. The largest absolute Gasteiger partial charge is 0.355 e. The molecule has 5 rings (SSSR count). The normalized spacial score (nSPS) is 11.2. The van der Waals surface area contributed by atoms with Crippen LogP contribution in [0.2, 0.25) is 0 Å². The van der Waals surface area contributed by atoms with E-state index in [0.717, 1.165) is 22.1 Å². The van der Waals surface area contributed by atoms with Gasteiger partial charge < -0.3 is 14.5 Å². The van der Waals surface area contributed by atoms with Crippen LogP contribution in [0.4, 0.5) is 11.4 Å². The van der Waals surface area contributed by atoms with Crippen LogP contribution in [0.5, 0.6) is 0 Å². The van der Waals surface area contributed by atoms with Crippen LogP contribution in [0, 0.1) is 0 Å². The number of pyridine rings is 2. The van der Waals surface area contributed by atoms with Crippen molar-refractivity contribution >= 4 is 33.2 Å². The molecule has 0 saturated carbocycles. The van der Waals surface area contributed by atoms with Crippen molar-refractivity contribution in [3.05, 3.63) is 101 Å². The quantitative estimate of drug-likeness (QED) is 0.458. The summed E-state index contributed by atoms with van der Waals surface area (Å²) in [5, 5.41) is 2.52. The highest BCUT2D eigenvalue weighted by Gasteiger charge is 2.17. The maximum atomic E-state index is 12.5. The summed E-state index contributed by atoms with van der Waals surface area (Å²) < 4.78 is 2.04. The maximum absolute atomic E-state index is 12.5. The zero-order valence-electron chi connectivity index (χ0n) is 16.0. The van der Waals surface area contributed by atoms with Crippen LogP contribution in [-0.4, -0.2) is 14.5 Å². The molecule has 5 aromatic rings. The number of hydrogen-bond donors (Lipinski definition) is 1. The van der Waals surface area contributed by atoms with Crippen molar-refractivity contribution < 1.29 is 0 Å². The van der Waals surface area contributed by atoms with Crippen LogP contribution >= 0.6 is 0 Å². The van der Waals surface area contributed by atoms with Gasteiger partial charge in [0.15, 0.2) is 0 Å². The number of aromatic nitrogens is 3. The van der Waals surface area contributed by atoms with E-state index in [0.29, 0.717) is 17.6 Å². The first kappa shape index (κ1) is 17.3. The van der Waals surface area contributed by atoms with Crippen LogP contribution in [0.3, 0.4) is 0 Å². The number of nitrogens with one attached hydrogen (secondary N) is 1. The molecule has 0 bridgehead atoms. The third-order valence-electron chi connectivity index (χ3n) is 5.20. The lowest BCUT2D eigenvalue weighted by Crippen LogP contribution is -2.17. The van der Waals surface area contributed by atoms with E-state index in [2.05, 4.69) is 51.4 Å². The Bertz CT molecular complexity index is 1370. The van der Waals surface area contributed by atoms with Gasteiger partial charge in [-0.25, -0.2) is 4.98 Å². The zero-order chi connectivity index (χ0) is 19.8. The Balaban J connectivity index is 1.80. The van der Waals surface area contributed by atoms with Crippen molar-refractivity contribution in [3.63, 3.8) is 0 Å². The third kappa shape index (κ3) is 3.06. The number of fused-ring (bicyclic) bond motifs is 3. The van der Waals surface area contributed by atoms with E-state index in [1.807, 2.05) is 54.2 Å². The van der Waals surface area contributed by atoms with Gasteiger partial charge in [0, 0.05) is 48.3 Å². The Morgan fingerprint density at radius 3 is 2.48 bits per heavy atom. The first-order chi connectivity index (χ1) is 14.2. The van der Waals surface area contributed by atoms with Crippen molar-refractivity contribution in [2.75, 3.05) is 4.90 Å². The minimum absolute atomic E-state index is 0.118. The molecule has 29 heavy (non-hydrogen) atoms. The van der Waals surface area contributed by atoms with Crippen LogP contribution in [0.15, 0.2) is 90.1 Å². The molecule has 2 aromatic carbocycles. The standard InChI is InChI=1S/C24H20N4O/c1-27-14-12-18(16-27)28(15-17-7-3-2-4-8-17)21-11-13-25-23-22(21)19-9-5-6-10-20(19)24(29)26-23/h2-14,16H,15H2,1H3,(H,25,26,29). The summed E-state index contributed by atoms with van der Waals surface area (Å²) in [5.74, 6) is 0. The lowest BCUT2D eigenvalue weighted by atomic mass is 10.1. The van der Waals surface area contributed by atoms with Gasteiger partial charge in [-0.2, -0.15) is 0 Å².